The van der Waals surface area contributed by atoms with E-state index >= 15 is 0 Å². The molecule has 1 saturated heterocycles. The van der Waals surface area contributed by atoms with E-state index in [9.17, 15) is 4.79 Å². The van der Waals surface area contributed by atoms with Crippen molar-refractivity contribution in [3.8, 4) is 0 Å². The highest BCUT2D eigenvalue weighted by Gasteiger charge is 2.22. The van der Waals surface area contributed by atoms with Gasteiger partial charge in [0, 0.05) is 44.5 Å². The van der Waals surface area contributed by atoms with E-state index in [1.165, 1.54) is 0 Å². The van der Waals surface area contributed by atoms with Crippen molar-refractivity contribution >= 4 is 11.9 Å². The average molecular weight is 277 g/mol. The molecule has 0 aliphatic carbocycles. The first-order chi connectivity index (χ1) is 9.79. The van der Waals surface area contributed by atoms with Crippen LogP contribution < -0.4 is 15.5 Å². The predicted octanol–water partition coefficient (Wildman–Crippen LogP) is 0.561. The molecule has 1 atom stereocenters. The predicted molar refractivity (Wildman–Crippen MR) is 78.6 cm³/mol. The van der Waals surface area contributed by atoms with Crippen molar-refractivity contribution < 1.29 is 4.79 Å². The molecule has 0 spiro atoms. The number of nitrogens with zero attached hydrogens (tertiary/aromatic N) is 3. The molecule has 0 aromatic carbocycles. The van der Waals surface area contributed by atoms with E-state index in [0.717, 1.165) is 45.0 Å². The molecule has 1 amide bonds. The van der Waals surface area contributed by atoms with Crippen LogP contribution in [0.3, 0.4) is 0 Å². The fourth-order valence-electron chi connectivity index (χ4n) is 2.41. The van der Waals surface area contributed by atoms with Gasteiger partial charge >= 0.3 is 0 Å². The molecular formula is C14H23N5O. The van der Waals surface area contributed by atoms with E-state index in [2.05, 4.69) is 25.5 Å². The molecule has 1 aliphatic heterocycles. The molecule has 1 aromatic rings. The maximum Gasteiger partial charge on any atom is 0.225 e. The number of carbonyl (C=O) groups excluding carboxylic acids is 1. The van der Waals surface area contributed by atoms with Crippen molar-refractivity contribution in [2.45, 2.75) is 32.2 Å². The summed E-state index contributed by atoms with van der Waals surface area (Å²) in [5.41, 5.74) is 0. The van der Waals surface area contributed by atoms with Crippen molar-refractivity contribution in [3.05, 3.63) is 18.5 Å². The zero-order valence-corrected chi connectivity index (χ0v) is 12.0. The van der Waals surface area contributed by atoms with E-state index in [0.29, 0.717) is 6.42 Å². The van der Waals surface area contributed by atoms with E-state index in [-0.39, 0.29) is 11.9 Å². The minimum absolute atomic E-state index is 0.117. The van der Waals surface area contributed by atoms with Gasteiger partial charge in [0.1, 0.15) is 0 Å². The number of nitrogens with one attached hydrogen (secondary N) is 2. The standard InChI is InChI=1S/C14H23N5O/c1-2-15-9-6-13(20)18-12-5-3-10-19(11-12)14-16-7-4-8-17-14/h4,7-8,12,15H,2-3,5-6,9-11H2,1H3,(H,18,20). The second kappa shape index (κ2) is 7.79. The van der Waals surface area contributed by atoms with Gasteiger partial charge in [-0.3, -0.25) is 4.79 Å². The number of carbonyl (C=O) groups is 1. The maximum absolute atomic E-state index is 11.8. The number of piperidine rings is 1. The fraction of sp³-hybridized carbons (Fsp3) is 0.643. The Morgan fingerprint density at radius 2 is 2.25 bits per heavy atom. The molecule has 20 heavy (non-hydrogen) atoms. The Morgan fingerprint density at radius 1 is 1.45 bits per heavy atom. The summed E-state index contributed by atoms with van der Waals surface area (Å²) in [5, 5.41) is 6.26. The highest BCUT2D eigenvalue weighted by Crippen LogP contribution is 2.15. The lowest BCUT2D eigenvalue weighted by Gasteiger charge is -2.33. The Bertz CT molecular complexity index is 411. The van der Waals surface area contributed by atoms with Gasteiger partial charge in [0.05, 0.1) is 0 Å². The van der Waals surface area contributed by atoms with Crippen molar-refractivity contribution in [2.75, 3.05) is 31.1 Å². The SMILES string of the molecule is CCNCCC(=O)NC1CCCN(c2ncccn2)C1. The lowest BCUT2D eigenvalue weighted by molar-refractivity contribution is -0.121. The number of rotatable bonds is 6. The van der Waals surface area contributed by atoms with Gasteiger partial charge in [0.2, 0.25) is 11.9 Å². The average Bonchev–Trinajstić information content (AvgIpc) is 2.49. The van der Waals surface area contributed by atoms with Crippen LogP contribution >= 0.6 is 0 Å². The summed E-state index contributed by atoms with van der Waals surface area (Å²) >= 11 is 0. The molecule has 2 N–H and O–H groups in total. The van der Waals surface area contributed by atoms with Gasteiger partial charge in [-0.05, 0) is 25.5 Å². The molecule has 2 rings (SSSR count). The van der Waals surface area contributed by atoms with Crippen molar-refractivity contribution in [1.29, 1.82) is 0 Å². The Labute approximate surface area is 120 Å². The Morgan fingerprint density at radius 3 is 3.00 bits per heavy atom. The summed E-state index contributed by atoms with van der Waals surface area (Å²) in [7, 11) is 0. The largest absolute Gasteiger partial charge is 0.352 e. The van der Waals surface area contributed by atoms with E-state index in [4.69, 9.17) is 0 Å². The lowest BCUT2D eigenvalue weighted by atomic mass is 10.1. The fourth-order valence-corrected chi connectivity index (χ4v) is 2.41. The molecule has 2 heterocycles. The van der Waals surface area contributed by atoms with Crippen molar-refractivity contribution in [1.82, 2.24) is 20.6 Å². The minimum atomic E-state index is 0.117. The number of hydrogen-bond donors (Lipinski definition) is 2. The molecule has 1 unspecified atom stereocenters. The molecule has 0 radical (unpaired) electrons. The van der Waals surface area contributed by atoms with Gasteiger partial charge in [0.25, 0.3) is 0 Å². The molecular weight excluding hydrogens is 254 g/mol. The summed E-state index contributed by atoms with van der Waals surface area (Å²) < 4.78 is 0. The van der Waals surface area contributed by atoms with Crippen LogP contribution in [0.1, 0.15) is 26.2 Å². The number of amides is 1. The summed E-state index contributed by atoms with van der Waals surface area (Å²) in [4.78, 5) is 22.5. The third-order valence-corrected chi connectivity index (χ3v) is 3.40. The topological polar surface area (TPSA) is 70.2 Å². The second-order valence-electron chi connectivity index (χ2n) is 5.01. The van der Waals surface area contributed by atoms with E-state index < -0.39 is 0 Å². The van der Waals surface area contributed by atoms with Crippen LogP contribution in [0, 0.1) is 0 Å². The quantitative estimate of drug-likeness (QED) is 0.744. The third-order valence-electron chi connectivity index (χ3n) is 3.40. The molecule has 6 heteroatoms. The zero-order chi connectivity index (χ0) is 14.2. The van der Waals surface area contributed by atoms with Crippen LogP contribution in [0.15, 0.2) is 18.5 Å². The Balaban J connectivity index is 1.80. The highest BCUT2D eigenvalue weighted by atomic mass is 16.1. The van der Waals surface area contributed by atoms with Gasteiger partial charge < -0.3 is 15.5 Å². The van der Waals surface area contributed by atoms with Crippen LogP contribution in [-0.4, -0.2) is 48.1 Å². The maximum atomic E-state index is 11.8. The third kappa shape index (κ3) is 4.45. The van der Waals surface area contributed by atoms with Crippen molar-refractivity contribution in [3.63, 3.8) is 0 Å². The normalized spacial score (nSPS) is 18.9. The molecule has 0 saturated carbocycles. The van der Waals surface area contributed by atoms with Crippen molar-refractivity contribution in [2.24, 2.45) is 0 Å². The summed E-state index contributed by atoms with van der Waals surface area (Å²) in [6.45, 7) is 5.41. The second-order valence-corrected chi connectivity index (χ2v) is 5.01. The van der Waals surface area contributed by atoms with Crippen LogP contribution in [-0.2, 0) is 4.79 Å². The first-order valence-electron chi connectivity index (χ1n) is 7.31. The smallest absolute Gasteiger partial charge is 0.225 e. The molecule has 110 valence electrons. The van der Waals surface area contributed by atoms with E-state index in [1.807, 2.05) is 13.0 Å². The first kappa shape index (κ1) is 14.7. The lowest BCUT2D eigenvalue weighted by Crippen LogP contribution is -2.48. The summed E-state index contributed by atoms with van der Waals surface area (Å²) in [6.07, 6.45) is 6.11. The van der Waals surface area contributed by atoms with Gasteiger partial charge in [-0.1, -0.05) is 6.92 Å². The highest BCUT2D eigenvalue weighted by molar-refractivity contribution is 5.76. The van der Waals surface area contributed by atoms with E-state index in [1.54, 1.807) is 12.4 Å². The Hall–Kier alpha value is -1.69. The number of hydrogen-bond acceptors (Lipinski definition) is 5. The number of aromatic nitrogens is 2. The molecule has 1 aromatic heterocycles. The van der Waals surface area contributed by atoms with Crippen LogP contribution in [0.2, 0.25) is 0 Å². The van der Waals surface area contributed by atoms with Crippen LogP contribution in [0.5, 0.6) is 0 Å². The van der Waals surface area contributed by atoms with Gasteiger partial charge in [-0.25, -0.2) is 9.97 Å². The first-order valence-corrected chi connectivity index (χ1v) is 7.31. The molecule has 0 bridgehead atoms. The summed E-state index contributed by atoms with van der Waals surface area (Å²) in [6, 6.07) is 2.01. The molecule has 1 fully saturated rings. The zero-order valence-electron chi connectivity index (χ0n) is 12.0. The van der Waals surface area contributed by atoms with Crippen LogP contribution in [0.4, 0.5) is 5.95 Å². The minimum Gasteiger partial charge on any atom is -0.352 e. The van der Waals surface area contributed by atoms with Gasteiger partial charge in [-0.15, -0.1) is 0 Å². The molecule has 6 nitrogen and oxygen atoms in total. The van der Waals surface area contributed by atoms with Gasteiger partial charge in [-0.2, -0.15) is 0 Å². The summed E-state index contributed by atoms with van der Waals surface area (Å²) in [5.74, 6) is 0.867. The number of anilines is 1. The Kier molecular flexibility index (Phi) is 5.73. The van der Waals surface area contributed by atoms with Gasteiger partial charge in [0.15, 0.2) is 0 Å². The van der Waals surface area contributed by atoms with Crippen LogP contribution in [0.25, 0.3) is 0 Å². The molecule has 1 aliphatic rings. The monoisotopic (exact) mass is 277 g/mol.